The van der Waals surface area contributed by atoms with Gasteiger partial charge in [0, 0.05) is 15.8 Å². The molecular formula is C17H23NO2S. The molecule has 1 aromatic heterocycles. The normalized spacial score (nSPS) is 12.2. The monoisotopic (exact) mass is 305 g/mol. The van der Waals surface area contributed by atoms with Crippen molar-refractivity contribution in [2.75, 3.05) is 20.8 Å². The third-order valence-corrected chi connectivity index (χ3v) is 4.56. The zero-order chi connectivity index (χ0) is 15.2. The average Bonchev–Trinajstić information content (AvgIpc) is 2.93. The molecule has 0 aliphatic heterocycles. The van der Waals surface area contributed by atoms with Crippen LogP contribution in [0.5, 0.6) is 11.5 Å². The Hall–Kier alpha value is -1.52. The maximum Gasteiger partial charge on any atom is 0.160 e. The zero-order valence-corrected chi connectivity index (χ0v) is 13.9. The largest absolute Gasteiger partial charge is 0.493 e. The smallest absolute Gasteiger partial charge is 0.160 e. The van der Waals surface area contributed by atoms with Crippen LogP contribution in [-0.2, 0) is 6.42 Å². The van der Waals surface area contributed by atoms with Gasteiger partial charge < -0.3 is 14.8 Å². The molecule has 1 heterocycles. The summed E-state index contributed by atoms with van der Waals surface area (Å²) in [4.78, 5) is 2.73. The first-order chi connectivity index (χ1) is 10.2. The van der Waals surface area contributed by atoms with Gasteiger partial charge >= 0.3 is 0 Å². The minimum absolute atomic E-state index is 0.340. The highest BCUT2D eigenvalue weighted by Crippen LogP contribution is 2.31. The Bertz CT molecular complexity index is 580. The topological polar surface area (TPSA) is 30.5 Å². The SMILES string of the molecule is CCNC(Cc1ccc(OC)c(OC)c1)c1ccc(C)s1. The Morgan fingerprint density at radius 2 is 1.86 bits per heavy atom. The van der Waals surface area contributed by atoms with Crippen molar-refractivity contribution in [3.63, 3.8) is 0 Å². The summed E-state index contributed by atoms with van der Waals surface area (Å²) in [6, 6.07) is 10.9. The molecule has 0 aliphatic rings. The first-order valence-corrected chi connectivity index (χ1v) is 8.00. The average molecular weight is 305 g/mol. The molecule has 0 spiro atoms. The minimum atomic E-state index is 0.340. The Labute approximate surface area is 130 Å². The second-order valence-electron chi connectivity index (χ2n) is 4.95. The van der Waals surface area contributed by atoms with Gasteiger partial charge in [-0.05, 0) is 49.7 Å². The number of hydrogen-bond acceptors (Lipinski definition) is 4. The van der Waals surface area contributed by atoms with Crippen molar-refractivity contribution in [2.45, 2.75) is 26.3 Å². The lowest BCUT2D eigenvalue weighted by Crippen LogP contribution is -2.22. The molecule has 2 aromatic rings. The first kappa shape index (κ1) is 15.9. The maximum atomic E-state index is 5.39. The van der Waals surface area contributed by atoms with Crippen LogP contribution in [0.4, 0.5) is 0 Å². The van der Waals surface area contributed by atoms with Crippen molar-refractivity contribution in [3.05, 3.63) is 45.6 Å². The van der Waals surface area contributed by atoms with Crippen molar-refractivity contribution in [2.24, 2.45) is 0 Å². The third-order valence-electron chi connectivity index (χ3n) is 3.44. The van der Waals surface area contributed by atoms with Crippen LogP contribution in [0, 0.1) is 6.92 Å². The van der Waals surface area contributed by atoms with Crippen LogP contribution in [0.2, 0.25) is 0 Å². The number of nitrogens with one attached hydrogen (secondary N) is 1. The molecule has 2 rings (SSSR count). The summed E-state index contributed by atoms with van der Waals surface area (Å²) >= 11 is 1.85. The van der Waals surface area contributed by atoms with E-state index < -0.39 is 0 Å². The van der Waals surface area contributed by atoms with E-state index in [1.54, 1.807) is 14.2 Å². The highest BCUT2D eigenvalue weighted by atomic mass is 32.1. The second kappa shape index (κ2) is 7.48. The fourth-order valence-electron chi connectivity index (χ4n) is 2.40. The Morgan fingerprint density at radius 1 is 1.10 bits per heavy atom. The Balaban J connectivity index is 2.20. The minimum Gasteiger partial charge on any atom is -0.493 e. The predicted molar refractivity (Wildman–Crippen MR) is 88.7 cm³/mol. The van der Waals surface area contributed by atoms with Gasteiger partial charge in [0.1, 0.15) is 0 Å². The van der Waals surface area contributed by atoms with E-state index in [0.29, 0.717) is 6.04 Å². The number of thiophene rings is 1. The van der Waals surface area contributed by atoms with Crippen LogP contribution in [-0.4, -0.2) is 20.8 Å². The van der Waals surface area contributed by atoms with E-state index in [2.05, 4.69) is 43.4 Å². The number of likely N-dealkylation sites (N-methyl/N-ethyl adjacent to an activating group) is 1. The second-order valence-corrected chi connectivity index (χ2v) is 6.27. The van der Waals surface area contributed by atoms with Gasteiger partial charge in [-0.2, -0.15) is 0 Å². The molecule has 1 aromatic carbocycles. The maximum absolute atomic E-state index is 5.39. The van der Waals surface area contributed by atoms with Crippen molar-refractivity contribution >= 4 is 11.3 Å². The lowest BCUT2D eigenvalue weighted by atomic mass is 10.0. The summed E-state index contributed by atoms with van der Waals surface area (Å²) in [5.41, 5.74) is 1.24. The molecule has 1 unspecified atom stereocenters. The van der Waals surface area contributed by atoms with Crippen LogP contribution in [0.3, 0.4) is 0 Å². The molecule has 3 nitrogen and oxygen atoms in total. The lowest BCUT2D eigenvalue weighted by Gasteiger charge is -2.17. The van der Waals surface area contributed by atoms with E-state index >= 15 is 0 Å². The number of benzene rings is 1. The molecule has 4 heteroatoms. The first-order valence-electron chi connectivity index (χ1n) is 7.18. The molecule has 0 aliphatic carbocycles. The highest BCUT2D eigenvalue weighted by molar-refractivity contribution is 7.12. The molecule has 0 bridgehead atoms. The molecule has 1 N–H and O–H groups in total. The Morgan fingerprint density at radius 3 is 2.43 bits per heavy atom. The van der Waals surface area contributed by atoms with Gasteiger partial charge in [0.25, 0.3) is 0 Å². The molecule has 21 heavy (non-hydrogen) atoms. The van der Waals surface area contributed by atoms with Crippen LogP contribution in [0.1, 0.15) is 28.3 Å². The van der Waals surface area contributed by atoms with E-state index in [0.717, 1.165) is 24.5 Å². The number of rotatable bonds is 7. The fraction of sp³-hybridized carbons (Fsp3) is 0.412. The van der Waals surface area contributed by atoms with Crippen molar-refractivity contribution in [3.8, 4) is 11.5 Å². The van der Waals surface area contributed by atoms with Gasteiger partial charge in [0.2, 0.25) is 0 Å². The molecule has 1 atom stereocenters. The molecule has 0 fully saturated rings. The quantitative estimate of drug-likeness (QED) is 0.839. The lowest BCUT2D eigenvalue weighted by molar-refractivity contribution is 0.354. The van der Waals surface area contributed by atoms with Gasteiger partial charge in [0.05, 0.1) is 14.2 Å². The summed E-state index contributed by atoms with van der Waals surface area (Å²) in [6.45, 7) is 5.24. The summed E-state index contributed by atoms with van der Waals surface area (Å²) in [5, 5.41) is 3.57. The number of ether oxygens (including phenoxy) is 2. The number of methoxy groups -OCH3 is 2. The number of hydrogen-bond donors (Lipinski definition) is 1. The molecule has 0 saturated heterocycles. The van der Waals surface area contributed by atoms with Gasteiger partial charge in [-0.3, -0.25) is 0 Å². The Kier molecular flexibility index (Phi) is 5.65. The summed E-state index contributed by atoms with van der Waals surface area (Å²) < 4.78 is 10.7. The van der Waals surface area contributed by atoms with E-state index in [1.807, 2.05) is 17.4 Å². The summed E-state index contributed by atoms with van der Waals surface area (Å²) in [6.07, 6.45) is 0.939. The van der Waals surface area contributed by atoms with E-state index in [4.69, 9.17) is 9.47 Å². The molecular weight excluding hydrogens is 282 g/mol. The predicted octanol–water partition coefficient (Wildman–Crippen LogP) is 3.97. The van der Waals surface area contributed by atoms with Gasteiger partial charge in [0.15, 0.2) is 11.5 Å². The zero-order valence-electron chi connectivity index (χ0n) is 13.1. The molecule has 0 amide bonds. The van der Waals surface area contributed by atoms with Crippen LogP contribution >= 0.6 is 11.3 Å². The summed E-state index contributed by atoms with van der Waals surface area (Å²) in [5.74, 6) is 1.56. The van der Waals surface area contributed by atoms with E-state index in [9.17, 15) is 0 Å². The van der Waals surface area contributed by atoms with Crippen LogP contribution in [0.25, 0.3) is 0 Å². The molecule has 0 radical (unpaired) electrons. The van der Waals surface area contributed by atoms with Crippen LogP contribution in [0.15, 0.2) is 30.3 Å². The molecule has 0 saturated carbocycles. The van der Waals surface area contributed by atoms with Gasteiger partial charge in [-0.1, -0.05) is 13.0 Å². The van der Waals surface area contributed by atoms with Crippen molar-refractivity contribution in [1.29, 1.82) is 0 Å². The van der Waals surface area contributed by atoms with E-state index in [-0.39, 0.29) is 0 Å². The van der Waals surface area contributed by atoms with E-state index in [1.165, 1.54) is 15.3 Å². The third kappa shape index (κ3) is 3.99. The summed E-state index contributed by atoms with van der Waals surface area (Å²) in [7, 11) is 3.33. The molecule has 114 valence electrons. The van der Waals surface area contributed by atoms with Crippen LogP contribution < -0.4 is 14.8 Å². The van der Waals surface area contributed by atoms with Crippen molar-refractivity contribution < 1.29 is 9.47 Å². The van der Waals surface area contributed by atoms with Gasteiger partial charge in [-0.15, -0.1) is 11.3 Å². The van der Waals surface area contributed by atoms with Gasteiger partial charge in [-0.25, -0.2) is 0 Å². The fourth-order valence-corrected chi connectivity index (χ4v) is 3.36. The van der Waals surface area contributed by atoms with Crippen molar-refractivity contribution in [1.82, 2.24) is 5.32 Å². The number of aryl methyl sites for hydroxylation is 1. The highest BCUT2D eigenvalue weighted by Gasteiger charge is 2.14. The standard InChI is InChI=1S/C17H23NO2S/c1-5-18-14(17-9-6-12(2)21-17)10-13-7-8-15(19-3)16(11-13)20-4/h6-9,11,14,18H,5,10H2,1-4H3.